The Hall–Kier alpha value is -2.26. The van der Waals surface area contributed by atoms with E-state index >= 15 is 0 Å². The molecule has 0 saturated carbocycles. The van der Waals surface area contributed by atoms with Gasteiger partial charge in [-0.1, -0.05) is 18.2 Å². The van der Waals surface area contributed by atoms with Crippen molar-refractivity contribution in [2.45, 2.75) is 11.7 Å². The molecule has 20 heavy (non-hydrogen) atoms. The predicted octanol–water partition coefficient (Wildman–Crippen LogP) is -0.226. The smallest absolute Gasteiger partial charge is 0.325 e. The van der Waals surface area contributed by atoms with E-state index in [9.17, 15) is 22.8 Å². The predicted molar refractivity (Wildman–Crippen MR) is 63.7 cm³/mol. The monoisotopic (exact) mass is 299 g/mol. The molecule has 8 nitrogen and oxygen atoms in total. The minimum absolute atomic E-state index is 0.0633. The van der Waals surface area contributed by atoms with Crippen LogP contribution >= 0.6 is 0 Å². The Morgan fingerprint density at radius 1 is 1.25 bits per heavy atom. The van der Waals surface area contributed by atoms with Gasteiger partial charge in [-0.2, -0.15) is 8.42 Å². The van der Waals surface area contributed by atoms with Gasteiger partial charge in [0, 0.05) is 0 Å². The normalized spacial score (nSPS) is 19.2. The van der Waals surface area contributed by atoms with Crippen LogP contribution in [0.1, 0.15) is 16.8 Å². The standard InChI is InChI=1S/C11H9NO7S/c13-9-6-8(20(16,17)18)10(14)12(9)19-11(15)7-4-2-1-3-5-7/h1-5,8H,6H2,(H,16,17,18)/t8-/m1/s1. The van der Waals surface area contributed by atoms with E-state index in [0.717, 1.165) is 0 Å². The topological polar surface area (TPSA) is 118 Å². The van der Waals surface area contributed by atoms with Gasteiger partial charge in [0.15, 0.2) is 5.25 Å². The van der Waals surface area contributed by atoms with Gasteiger partial charge < -0.3 is 4.84 Å². The van der Waals surface area contributed by atoms with Crippen molar-refractivity contribution in [2.75, 3.05) is 0 Å². The lowest BCUT2D eigenvalue weighted by molar-refractivity contribution is -0.172. The molecule has 1 aromatic rings. The highest BCUT2D eigenvalue weighted by molar-refractivity contribution is 7.87. The summed E-state index contributed by atoms with van der Waals surface area (Å²) in [5.41, 5.74) is 0.0865. The van der Waals surface area contributed by atoms with E-state index in [1.54, 1.807) is 18.2 Å². The molecule has 1 atom stereocenters. The van der Waals surface area contributed by atoms with E-state index in [1.807, 2.05) is 0 Å². The van der Waals surface area contributed by atoms with Crippen LogP contribution in [0.25, 0.3) is 0 Å². The average molecular weight is 299 g/mol. The number of benzene rings is 1. The zero-order chi connectivity index (χ0) is 14.9. The van der Waals surface area contributed by atoms with Crippen LogP contribution in [-0.4, -0.2) is 41.1 Å². The lowest BCUT2D eigenvalue weighted by atomic mass is 10.2. The summed E-state index contributed by atoms with van der Waals surface area (Å²) in [7, 11) is -4.72. The third-order valence-electron chi connectivity index (χ3n) is 2.61. The Labute approximate surface area is 113 Å². The van der Waals surface area contributed by atoms with Crippen LogP contribution in [0, 0.1) is 0 Å². The minimum atomic E-state index is -4.72. The fourth-order valence-corrected chi connectivity index (χ4v) is 2.32. The summed E-state index contributed by atoms with van der Waals surface area (Å²) in [5.74, 6) is -3.29. The van der Waals surface area contributed by atoms with E-state index in [4.69, 9.17) is 4.55 Å². The maximum atomic E-state index is 11.7. The van der Waals surface area contributed by atoms with Crippen LogP contribution in [0.4, 0.5) is 0 Å². The van der Waals surface area contributed by atoms with Gasteiger partial charge in [0.05, 0.1) is 12.0 Å². The number of amides is 2. The molecule has 1 aliphatic rings. The van der Waals surface area contributed by atoms with Crippen molar-refractivity contribution in [3.8, 4) is 0 Å². The zero-order valence-electron chi connectivity index (χ0n) is 9.92. The fourth-order valence-electron chi connectivity index (χ4n) is 1.62. The van der Waals surface area contributed by atoms with Crippen molar-refractivity contribution >= 4 is 27.9 Å². The number of hydrogen-bond donors (Lipinski definition) is 1. The van der Waals surface area contributed by atoms with Gasteiger partial charge in [0.2, 0.25) is 0 Å². The summed E-state index contributed by atoms with van der Waals surface area (Å²) in [5, 5.41) is -1.87. The fraction of sp³-hybridized carbons (Fsp3) is 0.182. The molecule has 2 rings (SSSR count). The van der Waals surface area contributed by atoms with Crippen molar-refractivity contribution in [1.82, 2.24) is 5.06 Å². The zero-order valence-corrected chi connectivity index (χ0v) is 10.7. The Bertz CT molecular complexity index is 667. The number of hydrogen-bond acceptors (Lipinski definition) is 6. The largest absolute Gasteiger partial charge is 0.363 e. The Morgan fingerprint density at radius 3 is 2.35 bits per heavy atom. The highest BCUT2D eigenvalue weighted by Crippen LogP contribution is 2.20. The van der Waals surface area contributed by atoms with Gasteiger partial charge in [-0.15, -0.1) is 5.06 Å². The molecule has 1 aromatic carbocycles. The second kappa shape index (κ2) is 5.02. The third kappa shape index (κ3) is 2.68. The van der Waals surface area contributed by atoms with Gasteiger partial charge in [-0.25, -0.2) is 4.79 Å². The first-order valence-electron chi connectivity index (χ1n) is 5.41. The number of carbonyl (C=O) groups excluding carboxylic acids is 3. The first kappa shape index (κ1) is 14.2. The number of rotatable bonds is 3. The maximum absolute atomic E-state index is 11.7. The lowest BCUT2D eigenvalue weighted by Gasteiger charge is -2.13. The molecular formula is C11H9NO7S. The van der Waals surface area contributed by atoms with Gasteiger partial charge in [0.1, 0.15) is 0 Å². The van der Waals surface area contributed by atoms with Gasteiger partial charge in [-0.3, -0.25) is 14.1 Å². The molecule has 0 spiro atoms. The van der Waals surface area contributed by atoms with E-state index in [1.165, 1.54) is 12.1 Å². The molecule has 1 aliphatic heterocycles. The van der Waals surface area contributed by atoms with Crippen LogP contribution in [0.5, 0.6) is 0 Å². The highest BCUT2D eigenvalue weighted by atomic mass is 32.2. The molecule has 0 aliphatic carbocycles. The van der Waals surface area contributed by atoms with E-state index in [0.29, 0.717) is 0 Å². The summed E-state index contributed by atoms with van der Waals surface area (Å²) in [6.07, 6.45) is -0.764. The first-order valence-corrected chi connectivity index (χ1v) is 6.91. The number of imide groups is 1. The van der Waals surface area contributed by atoms with Gasteiger partial charge in [0.25, 0.3) is 21.9 Å². The summed E-state index contributed by atoms with van der Waals surface area (Å²) in [6, 6.07) is 7.54. The highest BCUT2D eigenvalue weighted by Gasteiger charge is 2.48. The molecule has 9 heteroatoms. The molecule has 1 heterocycles. The van der Waals surface area contributed by atoms with Crippen molar-refractivity contribution in [1.29, 1.82) is 0 Å². The van der Waals surface area contributed by atoms with Crippen molar-refractivity contribution in [3.05, 3.63) is 35.9 Å². The third-order valence-corrected chi connectivity index (χ3v) is 3.69. The summed E-state index contributed by atoms with van der Waals surface area (Å²) in [4.78, 5) is 39.3. The molecule has 0 aromatic heterocycles. The van der Waals surface area contributed by atoms with Crippen LogP contribution in [0.3, 0.4) is 0 Å². The molecule has 0 bridgehead atoms. The first-order chi connectivity index (χ1) is 9.30. The molecule has 2 amide bonds. The maximum Gasteiger partial charge on any atom is 0.363 e. The van der Waals surface area contributed by atoms with Crippen LogP contribution in [-0.2, 0) is 24.5 Å². The van der Waals surface area contributed by atoms with Crippen molar-refractivity contribution in [3.63, 3.8) is 0 Å². The number of nitrogens with zero attached hydrogens (tertiary/aromatic N) is 1. The molecular weight excluding hydrogens is 290 g/mol. The molecule has 0 unspecified atom stereocenters. The second-order valence-electron chi connectivity index (χ2n) is 3.98. The Kier molecular flexibility index (Phi) is 3.55. The van der Waals surface area contributed by atoms with Crippen molar-refractivity contribution < 1.29 is 32.2 Å². The Morgan fingerprint density at radius 2 is 1.85 bits per heavy atom. The molecule has 0 radical (unpaired) electrons. The van der Waals surface area contributed by atoms with Gasteiger partial charge >= 0.3 is 5.97 Å². The number of hydroxylamine groups is 2. The van der Waals surface area contributed by atoms with Crippen LogP contribution < -0.4 is 0 Å². The lowest BCUT2D eigenvalue weighted by Crippen LogP contribution is -2.36. The summed E-state index contributed by atoms with van der Waals surface area (Å²) < 4.78 is 30.6. The second-order valence-corrected chi connectivity index (χ2v) is 5.58. The quantitative estimate of drug-likeness (QED) is 0.605. The Balaban J connectivity index is 2.17. The van der Waals surface area contributed by atoms with Crippen molar-refractivity contribution in [2.24, 2.45) is 0 Å². The van der Waals surface area contributed by atoms with E-state index in [2.05, 4.69) is 4.84 Å². The SMILES string of the molecule is O=C(ON1C(=O)C[C@@H](S(=O)(=O)O)C1=O)c1ccccc1. The summed E-state index contributed by atoms with van der Waals surface area (Å²) in [6.45, 7) is 0. The van der Waals surface area contributed by atoms with Crippen LogP contribution in [0.15, 0.2) is 30.3 Å². The average Bonchev–Trinajstić information content (AvgIpc) is 2.67. The molecule has 1 N–H and O–H groups in total. The van der Waals surface area contributed by atoms with E-state index in [-0.39, 0.29) is 10.6 Å². The molecule has 1 saturated heterocycles. The van der Waals surface area contributed by atoms with Crippen LogP contribution in [0.2, 0.25) is 0 Å². The molecule has 106 valence electrons. The number of carbonyl (C=O) groups is 3. The minimum Gasteiger partial charge on any atom is -0.325 e. The summed E-state index contributed by atoms with van der Waals surface area (Å²) >= 11 is 0. The molecule has 1 fully saturated rings. The van der Waals surface area contributed by atoms with E-state index < -0.39 is 39.6 Å². The van der Waals surface area contributed by atoms with Gasteiger partial charge in [-0.05, 0) is 12.1 Å².